The van der Waals surface area contributed by atoms with Crippen molar-refractivity contribution < 1.29 is 4.79 Å². The average Bonchev–Trinajstić information content (AvgIpc) is 2.47. The summed E-state index contributed by atoms with van der Waals surface area (Å²) in [6.45, 7) is 6.11. The molecule has 3 heteroatoms. The molecule has 1 atom stereocenters. The zero-order valence-electron chi connectivity index (χ0n) is 12.0. The third-order valence-electron chi connectivity index (χ3n) is 3.97. The van der Waals surface area contributed by atoms with E-state index >= 15 is 0 Å². The van der Waals surface area contributed by atoms with Crippen LogP contribution in [0, 0.1) is 5.92 Å². The molecule has 1 aromatic carbocycles. The van der Waals surface area contributed by atoms with E-state index in [-0.39, 0.29) is 6.03 Å². The van der Waals surface area contributed by atoms with Crippen molar-refractivity contribution >= 4 is 11.7 Å². The van der Waals surface area contributed by atoms with Gasteiger partial charge in [0.05, 0.1) is 0 Å². The van der Waals surface area contributed by atoms with Gasteiger partial charge in [0.25, 0.3) is 0 Å². The van der Waals surface area contributed by atoms with Gasteiger partial charge >= 0.3 is 6.03 Å². The summed E-state index contributed by atoms with van der Waals surface area (Å²) in [5, 5.41) is 3.02. The van der Waals surface area contributed by atoms with Crippen molar-refractivity contribution in [2.45, 2.75) is 39.5 Å². The van der Waals surface area contributed by atoms with Gasteiger partial charge in [0, 0.05) is 18.8 Å². The smallest absolute Gasteiger partial charge is 0.321 e. The summed E-state index contributed by atoms with van der Waals surface area (Å²) >= 11 is 0. The number of amides is 2. The van der Waals surface area contributed by atoms with Gasteiger partial charge in [-0.3, -0.25) is 0 Å². The molecule has 2 amide bonds. The van der Waals surface area contributed by atoms with Crippen LogP contribution in [-0.4, -0.2) is 24.0 Å². The van der Waals surface area contributed by atoms with E-state index < -0.39 is 0 Å². The van der Waals surface area contributed by atoms with E-state index in [0.717, 1.165) is 38.0 Å². The first-order chi connectivity index (χ1) is 9.22. The largest absolute Gasteiger partial charge is 0.324 e. The maximum atomic E-state index is 12.2. The molecule has 0 spiro atoms. The van der Waals surface area contributed by atoms with Crippen molar-refractivity contribution in [3.8, 4) is 0 Å². The Labute approximate surface area is 116 Å². The van der Waals surface area contributed by atoms with Gasteiger partial charge in [-0.1, -0.05) is 32.4 Å². The molecular formula is C16H24N2O. The highest BCUT2D eigenvalue weighted by Gasteiger charge is 2.22. The molecule has 0 saturated carbocycles. The summed E-state index contributed by atoms with van der Waals surface area (Å²) in [7, 11) is 0. The van der Waals surface area contributed by atoms with Crippen molar-refractivity contribution in [3.63, 3.8) is 0 Å². The highest BCUT2D eigenvalue weighted by Crippen LogP contribution is 2.20. The fraction of sp³-hybridized carbons (Fsp3) is 0.562. The van der Waals surface area contributed by atoms with Crippen LogP contribution in [0.2, 0.25) is 0 Å². The summed E-state index contributed by atoms with van der Waals surface area (Å²) in [6, 6.07) is 8.15. The fourth-order valence-electron chi connectivity index (χ4n) is 2.65. The molecule has 19 heavy (non-hydrogen) atoms. The lowest BCUT2D eigenvalue weighted by Gasteiger charge is -2.32. The molecule has 0 bridgehead atoms. The SMILES string of the molecule is CCc1cccc(NC(=O)N2CCCC(CC)C2)c1. The standard InChI is InChI=1S/C16H24N2O/c1-3-13-7-5-9-15(11-13)17-16(19)18-10-6-8-14(4-2)12-18/h5,7,9,11,14H,3-4,6,8,10,12H2,1-2H3,(H,17,19). The minimum atomic E-state index is 0.0476. The van der Waals surface area contributed by atoms with Crippen LogP contribution in [0.4, 0.5) is 10.5 Å². The van der Waals surface area contributed by atoms with Crippen molar-refractivity contribution in [2.75, 3.05) is 18.4 Å². The summed E-state index contributed by atoms with van der Waals surface area (Å²) in [4.78, 5) is 14.2. The Morgan fingerprint density at radius 3 is 3.00 bits per heavy atom. The average molecular weight is 260 g/mol. The topological polar surface area (TPSA) is 32.3 Å². The molecule has 0 aromatic heterocycles. The van der Waals surface area contributed by atoms with Crippen molar-refractivity contribution in [1.29, 1.82) is 0 Å². The quantitative estimate of drug-likeness (QED) is 0.878. The molecular weight excluding hydrogens is 236 g/mol. The third-order valence-corrected chi connectivity index (χ3v) is 3.97. The highest BCUT2D eigenvalue weighted by atomic mass is 16.2. The molecule has 1 aliphatic rings. The first-order valence-corrected chi connectivity index (χ1v) is 7.37. The first kappa shape index (κ1) is 13.9. The number of hydrogen-bond acceptors (Lipinski definition) is 1. The minimum absolute atomic E-state index is 0.0476. The normalized spacial score (nSPS) is 19.3. The van der Waals surface area contributed by atoms with Gasteiger partial charge in [0.1, 0.15) is 0 Å². The molecule has 1 heterocycles. The van der Waals surface area contributed by atoms with Crippen LogP contribution < -0.4 is 5.32 Å². The van der Waals surface area contributed by atoms with Gasteiger partial charge in [0.15, 0.2) is 0 Å². The zero-order chi connectivity index (χ0) is 13.7. The number of aryl methyl sites for hydroxylation is 1. The van der Waals surface area contributed by atoms with Crippen molar-refractivity contribution in [3.05, 3.63) is 29.8 Å². The van der Waals surface area contributed by atoms with Gasteiger partial charge in [0.2, 0.25) is 0 Å². The number of nitrogens with zero attached hydrogens (tertiary/aromatic N) is 1. The molecule has 2 rings (SSSR count). The summed E-state index contributed by atoms with van der Waals surface area (Å²) in [5.74, 6) is 0.668. The maximum Gasteiger partial charge on any atom is 0.321 e. The molecule has 1 fully saturated rings. The lowest BCUT2D eigenvalue weighted by atomic mass is 9.96. The number of carbonyl (C=O) groups is 1. The second-order valence-corrected chi connectivity index (χ2v) is 5.35. The molecule has 0 radical (unpaired) electrons. The van der Waals surface area contributed by atoms with Crippen molar-refractivity contribution in [2.24, 2.45) is 5.92 Å². The molecule has 1 aromatic rings. The lowest BCUT2D eigenvalue weighted by Crippen LogP contribution is -2.42. The van der Waals surface area contributed by atoms with Gasteiger partial charge in [-0.25, -0.2) is 4.79 Å². The monoisotopic (exact) mass is 260 g/mol. The van der Waals surface area contributed by atoms with E-state index in [1.54, 1.807) is 0 Å². The summed E-state index contributed by atoms with van der Waals surface area (Å²) < 4.78 is 0. The zero-order valence-corrected chi connectivity index (χ0v) is 12.0. The van der Waals surface area contributed by atoms with E-state index in [2.05, 4.69) is 31.3 Å². The highest BCUT2D eigenvalue weighted by molar-refractivity contribution is 5.89. The number of hydrogen-bond donors (Lipinski definition) is 1. The number of benzene rings is 1. The predicted molar refractivity (Wildman–Crippen MR) is 79.4 cm³/mol. The second kappa shape index (κ2) is 6.60. The van der Waals surface area contributed by atoms with Gasteiger partial charge in [-0.15, -0.1) is 0 Å². The van der Waals surface area contributed by atoms with Crippen molar-refractivity contribution in [1.82, 2.24) is 4.90 Å². The number of likely N-dealkylation sites (tertiary alicyclic amines) is 1. The van der Waals surface area contributed by atoms with Crippen LogP contribution in [-0.2, 0) is 6.42 Å². The molecule has 1 unspecified atom stereocenters. The van der Waals surface area contributed by atoms with Gasteiger partial charge in [-0.2, -0.15) is 0 Å². The Hall–Kier alpha value is -1.51. The number of nitrogens with one attached hydrogen (secondary N) is 1. The fourth-order valence-corrected chi connectivity index (χ4v) is 2.65. The number of urea groups is 1. The van der Waals surface area contributed by atoms with E-state index in [9.17, 15) is 4.79 Å². The molecule has 1 aliphatic heterocycles. The predicted octanol–water partition coefficient (Wildman–Crippen LogP) is 3.90. The molecule has 104 valence electrons. The Kier molecular flexibility index (Phi) is 4.83. The van der Waals surface area contributed by atoms with Crippen LogP contribution in [0.3, 0.4) is 0 Å². The van der Waals surface area contributed by atoms with E-state index in [1.807, 2.05) is 17.0 Å². The Morgan fingerprint density at radius 1 is 1.42 bits per heavy atom. The third kappa shape index (κ3) is 3.72. The molecule has 3 nitrogen and oxygen atoms in total. The van der Waals surface area contributed by atoms with Crippen LogP contribution in [0.5, 0.6) is 0 Å². The van der Waals surface area contributed by atoms with Gasteiger partial charge in [-0.05, 0) is 42.9 Å². The lowest BCUT2D eigenvalue weighted by molar-refractivity contribution is 0.176. The summed E-state index contributed by atoms with van der Waals surface area (Å²) in [6.07, 6.45) is 4.53. The Balaban J connectivity index is 1.96. The molecule has 1 N–H and O–H groups in total. The molecule has 1 saturated heterocycles. The number of rotatable bonds is 3. The Morgan fingerprint density at radius 2 is 2.26 bits per heavy atom. The Bertz CT molecular complexity index is 431. The van der Waals surface area contributed by atoms with Crippen LogP contribution in [0.1, 0.15) is 38.7 Å². The number of carbonyl (C=O) groups excluding carboxylic acids is 1. The second-order valence-electron chi connectivity index (χ2n) is 5.35. The van der Waals surface area contributed by atoms with E-state index in [1.165, 1.54) is 12.0 Å². The van der Waals surface area contributed by atoms with Crippen LogP contribution in [0.15, 0.2) is 24.3 Å². The maximum absolute atomic E-state index is 12.2. The number of anilines is 1. The van der Waals surface area contributed by atoms with Gasteiger partial charge < -0.3 is 10.2 Å². The van der Waals surface area contributed by atoms with E-state index in [4.69, 9.17) is 0 Å². The minimum Gasteiger partial charge on any atom is -0.324 e. The molecule has 0 aliphatic carbocycles. The van der Waals surface area contributed by atoms with Crippen LogP contribution >= 0.6 is 0 Å². The van der Waals surface area contributed by atoms with Crippen LogP contribution in [0.25, 0.3) is 0 Å². The first-order valence-electron chi connectivity index (χ1n) is 7.37. The van der Waals surface area contributed by atoms with E-state index in [0.29, 0.717) is 5.92 Å². The number of piperidine rings is 1. The summed E-state index contributed by atoms with van der Waals surface area (Å²) in [5.41, 5.74) is 2.16.